The van der Waals surface area contributed by atoms with Gasteiger partial charge in [0.2, 0.25) is 0 Å². The third-order valence-corrected chi connectivity index (χ3v) is 2.94. The van der Waals surface area contributed by atoms with Crippen LogP contribution in [-0.4, -0.2) is 7.11 Å². The Kier molecular flexibility index (Phi) is 4.27. The summed E-state index contributed by atoms with van der Waals surface area (Å²) in [6, 6.07) is 15.1. The van der Waals surface area contributed by atoms with Crippen molar-refractivity contribution < 1.29 is 4.74 Å². The number of nitrogens with one attached hydrogen (secondary N) is 1. The van der Waals surface area contributed by atoms with Crippen LogP contribution in [0.15, 0.2) is 42.5 Å². The molecule has 0 radical (unpaired) electrons. The van der Waals surface area contributed by atoms with Gasteiger partial charge in [0.05, 0.1) is 12.7 Å². The van der Waals surface area contributed by atoms with Crippen molar-refractivity contribution in [1.82, 2.24) is 0 Å². The van der Waals surface area contributed by atoms with Gasteiger partial charge in [-0.15, -0.1) is 0 Å². The maximum Gasteiger partial charge on any atom is 0.136 e. The maximum atomic E-state index is 8.92. The van der Waals surface area contributed by atoms with Gasteiger partial charge in [0.1, 0.15) is 11.8 Å². The molecule has 0 saturated heterocycles. The monoisotopic (exact) mass is 272 g/mol. The molecule has 2 rings (SSSR count). The van der Waals surface area contributed by atoms with Gasteiger partial charge in [0.15, 0.2) is 0 Å². The summed E-state index contributed by atoms with van der Waals surface area (Å²) in [6.45, 7) is 0.641. The molecule has 0 aliphatic rings. The molecule has 0 heterocycles. The van der Waals surface area contributed by atoms with E-state index in [4.69, 9.17) is 21.6 Å². The van der Waals surface area contributed by atoms with Crippen molar-refractivity contribution in [2.45, 2.75) is 6.54 Å². The van der Waals surface area contributed by atoms with Gasteiger partial charge in [-0.05, 0) is 35.9 Å². The zero-order chi connectivity index (χ0) is 13.7. The normalized spacial score (nSPS) is 9.74. The van der Waals surface area contributed by atoms with Crippen molar-refractivity contribution in [3.63, 3.8) is 0 Å². The van der Waals surface area contributed by atoms with E-state index in [-0.39, 0.29) is 0 Å². The van der Waals surface area contributed by atoms with Crippen LogP contribution in [0, 0.1) is 11.3 Å². The molecule has 0 aromatic heterocycles. The summed E-state index contributed by atoms with van der Waals surface area (Å²) in [5, 5.41) is 12.9. The third kappa shape index (κ3) is 3.40. The van der Waals surface area contributed by atoms with Gasteiger partial charge in [0, 0.05) is 17.3 Å². The Morgan fingerprint density at radius 3 is 2.79 bits per heavy atom. The lowest BCUT2D eigenvalue weighted by Crippen LogP contribution is -2.00. The molecule has 0 bridgehead atoms. The molecule has 96 valence electrons. The zero-order valence-corrected chi connectivity index (χ0v) is 11.2. The Morgan fingerprint density at radius 1 is 1.26 bits per heavy atom. The number of ether oxygens (including phenoxy) is 1. The quantitative estimate of drug-likeness (QED) is 0.920. The second-order valence-electron chi connectivity index (χ2n) is 4.01. The van der Waals surface area contributed by atoms with E-state index in [9.17, 15) is 0 Å². The van der Waals surface area contributed by atoms with E-state index in [0.717, 1.165) is 11.3 Å². The number of nitrogens with zero attached hydrogens (tertiary/aromatic N) is 1. The van der Waals surface area contributed by atoms with Crippen LogP contribution in [-0.2, 0) is 6.54 Å². The average molecular weight is 273 g/mol. The predicted octanol–water partition coefficient (Wildman–Crippen LogP) is 3.83. The van der Waals surface area contributed by atoms with Gasteiger partial charge < -0.3 is 10.1 Å². The number of methoxy groups -OCH3 is 1. The summed E-state index contributed by atoms with van der Waals surface area (Å²) in [5.74, 6) is 0.591. The van der Waals surface area contributed by atoms with Crippen LogP contribution >= 0.6 is 11.6 Å². The molecule has 1 N–H and O–H groups in total. The van der Waals surface area contributed by atoms with E-state index in [2.05, 4.69) is 11.4 Å². The van der Waals surface area contributed by atoms with Crippen LogP contribution in [0.1, 0.15) is 11.1 Å². The molecular weight excluding hydrogens is 260 g/mol. The van der Waals surface area contributed by atoms with E-state index < -0.39 is 0 Å². The van der Waals surface area contributed by atoms with E-state index in [1.807, 2.05) is 36.4 Å². The highest BCUT2D eigenvalue weighted by Crippen LogP contribution is 2.21. The number of hydrogen-bond donors (Lipinski definition) is 1. The highest BCUT2D eigenvalue weighted by molar-refractivity contribution is 6.30. The van der Waals surface area contributed by atoms with Crippen molar-refractivity contribution in [2.24, 2.45) is 0 Å². The third-order valence-electron chi connectivity index (χ3n) is 2.71. The lowest BCUT2D eigenvalue weighted by molar-refractivity contribution is 0.413. The molecule has 19 heavy (non-hydrogen) atoms. The second kappa shape index (κ2) is 6.12. The minimum atomic E-state index is 0.536. The van der Waals surface area contributed by atoms with Gasteiger partial charge in [-0.3, -0.25) is 0 Å². The maximum absolute atomic E-state index is 8.92. The lowest BCUT2D eigenvalue weighted by atomic mass is 10.1. The largest absolute Gasteiger partial charge is 0.495 e. The molecule has 2 aromatic rings. The van der Waals surface area contributed by atoms with Crippen molar-refractivity contribution in [3.05, 3.63) is 58.6 Å². The fourth-order valence-electron chi connectivity index (χ4n) is 1.74. The minimum Gasteiger partial charge on any atom is -0.495 e. The molecule has 0 spiro atoms. The Labute approximate surface area is 117 Å². The van der Waals surface area contributed by atoms with E-state index in [1.165, 1.54) is 0 Å². The first-order chi connectivity index (χ1) is 9.22. The Bertz CT molecular complexity index is 620. The van der Waals surface area contributed by atoms with E-state index in [1.54, 1.807) is 13.2 Å². The van der Waals surface area contributed by atoms with Gasteiger partial charge in [-0.2, -0.15) is 5.26 Å². The number of rotatable bonds is 4. The molecule has 0 saturated carbocycles. The molecular formula is C15H13ClN2O. The summed E-state index contributed by atoms with van der Waals surface area (Å²) in [6.07, 6.45) is 0. The Morgan fingerprint density at radius 2 is 2.11 bits per heavy atom. The predicted molar refractivity (Wildman–Crippen MR) is 76.5 cm³/mol. The van der Waals surface area contributed by atoms with Gasteiger partial charge >= 0.3 is 0 Å². The van der Waals surface area contributed by atoms with Crippen LogP contribution in [0.5, 0.6) is 5.75 Å². The van der Waals surface area contributed by atoms with Crippen LogP contribution in [0.2, 0.25) is 5.02 Å². The van der Waals surface area contributed by atoms with Crippen molar-refractivity contribution in [2.75, 3.05) is 12.4 Å². The molecule has 0 atom stereocenters. The Balaban J connectivity index is 2.10. The SMILES string of the molecule is COc1cc(CNc2cccc(Cl)c2)ccc1C#N. The van der Waals surface area contributed by atoms with E-state index >= 15 is 0 Å². The minimum absolute atomic E-state index is 0.536. The van der Waals surface area contributed by atoms with Crippen molar-refractivity contribution in [3.8, 4) is 11.8 Å². The summed E-state index contributed by atoms with van der Waals surface area (Å²) in [4.78, 5) is 0. The zero-order valence-electron chi connectivity index (χ0n) is 10.5. The fraction of sp³-hybridized carbons (Fsp3) is 0.133. The fourth-order valence-corrected chi connectivity index (χ4v) is 1.93. The second-order valence-corrected chi connectivity index (χ2v) is 4.45. The first-order valence-corrected chi connectivity index (χ1v) is 6.17. The molecule has 2 aromatic carbocycles. The Hall–Kier alpha value is -2.18. The van der Waals surface area contributed by atoms with Crippen LogP contribution < -0.4 is 10.1 Å². The van der Waals surface area contributed by atoms with Gasteiger partial charge in [-0.25, -0.2) is 0 Å². The summed E-state index contributed by atoms with van der Waals surface area (Å²) >= 11 is 5.92. The first-order valence-electron chi connectivity index (χ1n) is 5.79. The van der Waals surface area contributed by atoms with Crippen molar-refractivity contribution in [1.29, 1.82) is 5.26 Å². The van der Waals surface area contributed by atoms with Gasteiger partial charge in [0.25, 0.3) is 0 Å². The molecule has 3 nitrogen and oxygen atoms in total. The molecule has 0 amide bonds. The molecule has 0 aliphatic heterocycles. The number of nitriles is 1. The lowest BCUT2D eigenvalue weighted by Gasteiger charge is -2.09. The highest BCUT2D eigenvalue weighted by Gasteiger charge is 2.03. The summed E-state index contributed by atoms with van der Waals surface area (Å²) in [7, 11) is 1.56. The summed E-state index contributed by atoms with van der Waals surface area (Å²) in [5.41, 5.74) is 2.53. The van der Waals surface area contributed by atoms with Gasteiger partial charge in [-0.1, -0.05) is 23.7 Å². The number of hydrogen-bond acceptors (Lipinski definition) is 3. The first kappa shape index (κ1) is 13.3. The molecule has 0 aliphatic carbocycles. The average Bonchev–Trinajstić information content (AvgIpc) is 2.45. The van der Waals surface area contributed by atoms with Crippen molar-refractivity contribution >= 4 is 17.3 Å². The number of benzene rings is 2. The number of halogens is 1. The molecule has 4 heteroatoms. The summed E-state index contributed by atoms with van der Waals surface area (Å²) < 4.78 is 5.18. The highest BCUT2D eigenvalue weighted by atomic mass is 35.5. The van der Waals surface area contributed by atoms with Crippen LogP contribution in [0.4, 0.5) is 5.69 Å². The number of anilines is 1. The standard InChI is InChI=1S/C15H13ClN2O/c1-19-15-7-11(5-6-12(15)9-17)10-18-14-4-2-3-13(16)8-14/h2-8,18H,10H2,1H3. The molecule has 0 unspecified atom stereocenters. The topological polar surface area (TPSA) is 45.0 Å². The van der Waals surface area contributed by atoms with Crippen LogP contribution in [0.3, 0.4) is 0 Å². The smallest absolute Gasteiger partial charge is 0.136 e. The van der Waals surface area contributed by atoms with E-state index in [0.29, 0.717) is 22.9 Å². The van der Waals surface area contributed by atoms with Crippen LogP contribution in [0.25, 0.3) is 0 Å². The molecule has 0 fully saturated rings.